The Morgan fingerprint density at radius 2 is 1.85 bits per heavy atom. The summed E-state index contributed by atoms with van der Waals surface area (Å²) < 4.78 is 0.599. The fourth-order valence-electron chi connectivity index (χ4n) is 1.82. The van der Waals surface area contributed by atoms with Crippen LogP contribution in [0.5, 0.6) is 0 Å². The molecule has 0 aromatic rings. The summed E-state index contributed by atoms with van der Waals surface area (Å²) in [6.07, 6.45) is 1.16. The summed E-state index contributed by atoms with van der Waals surface area (Å²) in [4.78, 5) is 22.0. The zero-order valence-corrected chi connectivity index (χ0v) is 12.6. The predicted octanol–water partition coefficient (Wildman–Crippen LogP) is -0.858. The van der Waals surface area contributed by atoms with Crippen LogP contribution in [0.3, 0.4) is 0 Å². The Labute approximate surface area is 120 Å². The van der Waals surface area contributed by atoms with Gasteiger partial charge in [-0.05, 0) is 19.3 Å². The molecular formula is C13H28N3O4+. The molecule has 118 valence electrons. The second-order valence-corrected chi connectivity index (χ2v) is 6.12. The van der Waals surface area contributed by atoms with Crippen molar-refractivity contribution < 1.29 is 24.3 Å². The fourth-order valence-corrected chi connectivity index (χ4v) is 1.82. The van der Waals surface area contributed by atoms with Crippen LogP contribution in [0.4, 0.5) is 0 Å². The molecule has 20 heavy (non-hydrogen) atoms. The van der Waals surface area contributed by atoms with E-state index in [1.165, 1.54) is 0 Å². The van der Waals surface area contributed by atoms with Crippen LogP contribution >= 0.6 is 0 Å². The van der Waals surface area contributed by atoms with Crippen LogP contribution in [0, 0.1) is 0 Å². The molecule has 0 saturated carbocycles. The molecule has 1 amide bonds. The summed E-state index contributed by atoms with van der Waals surface area (Å²) in [5.41, 5.74) is 5.36. The number of rotatable bonds is 10. The Morgan fingerprint density at radius 1 is 1.25 bits per heavy atom. The molecule has 0 unspecified atom stereocenters. The van der Waals surface area contributed by atoms with Gasteiger partial charge >= 0.3 is 5.97 Å². The van der Waals surface area contributed by atoms with Crippen LogP contribution in [0.15, 0.2) is 0 Å². The number of amides is 1. The number of nitrogens with one attached hydrogen (secondary N) is 1. The zero-order valence-electron chi connectivity index (χ0n) is 12.6. The standard InChI is InChI=1S/C13H27N3O4/c1-16(2,3)9-10(17)8-12(18)15-7-5-4-6-11(14)13(19)20/h10-11,17H,4-9,14H2,1-3H3,(H-,15,18,19,20)/p+1/t10-,11-/m1/s1. The minimum absolute atomic E-state index is 0.0875. The molecule has 0 saturated heterocycles. The van der Waals surface area contributed by atoms with Gasteiger partial charge in [-0.15, -0.1) is 0 Å². The molecule has 0 radical (unpaired) electrons. The van der Waals surface area contributed by atoms with Gasteiger partial charge < -0.3 is 25.7 Å². The third-order valence-electron chi connectivity index (χ3n) is 2.76. The highest BCUT2D eigenvalue weighted by Gasteiger charge is 2.18. The van der Waals surface area contributed by atoms with Crippen molar-refractivity contribution in [2.24, 2.45) is 5.73 Å². The van der Waals surface area contributed by atoms with E-state index in [1.54, 1.807) is 0 Å². The number of hydrogen-bond acceptors (Lipinski definition) is 4. The fraction of sp³-hybridized carbons (Fsp3) is 0.846. The minimum atomic E-state index is -1.00. The lowest BCUT2D eigenvalue weighted by Gasteiger charge is -2.26. The topological polar surface area (TPSA) is 113 Å². The van der Waals surface area contributed by atoms with Gasteiger partial charge in [0.25, 0.3) is 0 Å². The number of hydrogen-bond donors (Lipinski definition) is 4. The quantitative estimate of drug-likeness (QED) is 0.309. The Hall–Kier alpha value is -1.18. The molecule has 7 nitrogen and oxygen atoms in total. The van der Waals surface area contributed by atoms with Gasteiger partial charge in [-0.2, -0.15) is 0 Å². The molecule has 0 aromatic carbocycles. The summed E-state index contributed by atoms with van der Waals surface area (Å²) in [6.45, 7) is 0.989. The average Bonchev–Trinajstić information content (AvgIpc) is 2.25. The van der Waals surface area contributed by atoms with Crippen LogP contribution in [0.1, 0.15) is 25.7 Å². The van der Waals surface area contributed by atoms with Crippen molar-refractivity contribution >= 4 is 11.9 Å². The summed E-state index contributed by atoms with van der Waals surface area (Å²) in [7, 11) is 5.85. The Balaban J connectivity index is 3.66. The molecule has 0 spiro atoms. The third kappa shape index (κ3) is 10.7. The highest BCUT2D eigenvalue weighted by molar-refractivity contribution is 5.76. The smallest absolute Gasteiger partial charge is 0.320 e. The van der Waals surface area contributed by atoms with E-state index in [2.05, 4.69) is 5.32 Å². The SMILES string of the molecule is C[N+](C)(C)C[C@H](O)CC(=O)NCCCC[C@@H](N)C(=O)O. The maximum atomic E-state index is 11.5. The van der Waals surface area contributed by atoms with E-state index < -0.39 is 18.1 Å². The Morgan fingerprint density at radius 3 is 2.35 bits per heavy atom. The minimum Gasteiger partial charge on any atom is -0.480 e. The summed E-state index contributed by atoms with van der Waals surface area (Å²) in [6, 6.07) is -0.836. The van der Waals surface area contributed by atoms with Gasteiger partial charge in [0.15, 0.2) is 0 Å². The number of nitrogens with two attached hydrogens (primary N) is 1. The predicted molar refractivity (Wildman–Crippen MR) is 76.0 cm³/mol. The molecule has 0 aliphatic carbocycles. The molecule has 0 aliphatic heterocycles. The molecule has 0 fully saturated rings. The van der Waals surface area contributed by atoms with Gasteiger partial charge in [-0.25, -0.2) is 0 Å². The molecular weight excluding hydrogens is 262 g/mol. The van der Waals surface area contributed by atoms with Crippen LogP contribution in [0.2, 0.25) is 0 Å². The van der Waals surface area contributed by atoms with E-state index in [4.69, 9.17) is 10.8 Å². The third-order valence-corrected chi connectivity index (χ3v) is 2.76. The van der Waals surface area contributed by atoms with Crippen LogP contribution in [-0.4, -0.2) is 73.0 Å². The van der Waals surface area contributed by atoms with Crippen LogP contribution in [-0.2, 0) is 9.59 Å². The molecule has 0 aromatic heterocycles. The molecule has 5 N–H and O–H groups in total. The van der Waals surface area contributed by atoms with Gasteiger partial charge in [-0.1, -0.05) is 0 Å². The Bertz CT molecular complexity index is 315. The Kier molecular flexibility index (Phi) is 8.36. The van der Waals surface area contributed by atoms with E-state index >= 15 is 0 Å². The first-order chi connectivity index (χ1) is 9.11. The molecule has 0 aliphatic rings. The average molecular weight is 290 g/mol. The lowest BCUT2D eigenvalue weighted by molar-refractivity contribution is -0.873. The number of likely N-dealkylation sites (N-methyl/N-ethyl adjacent to an activating group) is 1. The molecule has 7 heteroatoms. The number of carbonyl (C=O) groups excluding carboxylic acids is 1. The number of quaternary nitrogens is 1. The van der Waals surface area contributed by atoms with Crippen molar-refractivity contribution in [3.63, 3.8) is 0 Å². The highest BCUT2D eigenvalue weighted by Crippen LogP contribution is 2.01. The maximum absolute atomic E-state index is 11.5. The summed E-state index contributed by atoms with van der Waals surface area (Å²) in [5.74, 6) is -1.19. The van der Waals surface area contributed by atoms with Gasteiger partial charge in [0.05, 0.1) is 27.6 Å². The highest BCUT2D eigenvalue weighted by atomic mass is 16.4. The number of unbranched alkanes of at least 4 members (excludes halogenated alkanes) is 1. The maximum Gasteiger partial charge on any atom is 0.320 e. The van der Waals surface area contributed by atoms with E-state index in [9.17, 15) is 14.7 Å². The second-order valence-electron chi connectivity index (χ2n) is 6.12. The number of aliphatic hydroxyl groups excluding tert-OH is 1. The van der Waals surface area contributed by atoms with Gasteiger partial charge in [0.1, 0.15) is 18.7 Å². The largest absolute Gasteiger partial charge is 0.480 e. The van der Waals surface area contributed by atoms with Gasteiger partial charge in [-0.3, -0.25) is 9.59 Å². The van der Waals surface area contributed by atoms with Crippen LogP contribution < -0.4 is 11.1 Å². The zero-order chi connectivity index (χ0) is 15.8. The molecule has 0 bridgehead atoms. The number of carbonyl (C=O) groups is 2. The van der Waals surface area contributed by atoms with E-state index in [0.29, 0.717) is 36.8 Å². The number of carboxylic acids is 1. The summed E-state index contributed by atoms with van der Waals surface area (Å²) in [5, 5.41) is 21.0. The van der Waals surface area contributed by atoms with Crippen molar-refractivity contribution in [1.29, 1.82) is 0 Å². The first-order valence-electron chi connectivity index (χ1n) is 6.85. The van der Waals surface area contributed by atoms with Gasteiger partial charge in [0.2, 0.25) is 5.91 Å². The normalized spacial score (nSPS) is 14.7. The van der Waals surface area contributed by atoms with Crippen molar-refractivity contribution in [1.82, 2.24) is 5.32 Å². The lowest BCUT2D eigenvalue weighted by Crippen LogP contribution is -2.43. The molecule has 0 heterocycles. The van der Waals surface area contributed by atoms with E-state index in [-0.39, 0.29) is 12.3 Å². The number of aliphatic hydroxyl groups is 1. The van der Waals surface area contributed by atoms with Gasteiger partial charge in [0, 0.05) is 6.54 Å². The second kappa shape index (κ2) is 8.89. The number of aliphatic carboxylic acids is 1. The van der Waals surface area contributed by atoms with Crippen molar-refractivity contribution in [3.05, 3.63) is 0 Å². The van der Waals surface area contributed by atoms with E-state index in [1.807, 2.05) is 21.1 Å². The molecule has 0 rings (SSSR count). The lowest BCUT2D eigenvalue weighted by atomic mass is 10.1. The van der Waals surface area contributed by atoms with Crippen molar-refractivity contribution in [3.8, 4) is 0 Å². The monoisotopic (exact) mass is 290 g/mol. The first-order valence-corrected chi connectivity index (χ1v) is 6.85. The number of nitrogens with zero attached hydrogens (tertiary/aromatic N) is 1. The number of carboxylic acid groups (broad SMARTS) is 1. The molecule has 2 atom stereocenters. The van der Waals surface area contributed by atoms with Crippen molar-refractivity contribution in [2.75, 3.05) is 34.2 Å². The van der Waals surface area contributed by atoms with E-state index in [0.717, 1.165) is 0 Å². The van der Waals surface area contributed by atoms with Crippen LogP contribution in [0.25, 0.3) is 0 Å². The summed E-state index contributed by atoms with van der Waals surface area (Å²) >= 11 is 0. The van der Waals surface area contributed by atoms with Crippen molar-refractivity contribution in [2.45, 2.75) is 37.8 Å². The first kappa shape index (κ1) is 18.8.